The predicted molar refractivity (Wildman–Crippen MR) is 136 cm³/mol. The fourth-order valence-corrected chi connectivity index (χ4v) is 4.29. The van der Waals surface area contributed by atoms with Gasteiger partial charge in [-0.1, -0.05) is 18.2 Å². The van der Waals surface area contributed by atoms with Crippen LogP contribution >= 0.6 is 0 Å². The van der Waals surface area contributed by atoms with Crippen LogP contribution in [0.25, 0.3) is 17.4 Å². The van der Waals surface area contributed by atoms with Crippen molar-refractivity contribution in [2.75, 3.05) is 43.1 Å². The van der Waals surface area contributed by atoms with Gasteiger partial charge < -0.3 is 14.2 Å². The van der Waals surface area contributed by atoms with E-state index < -0.39 is 0 Å². The number of amides is 1. The standard InChI is InChI=1S/C26H25N5O4/c1-18-22(26(32)30(27-18)20-6-4-3-5-7-20)17-21-9-11-25(35-21)19-8-10-23(24(16-19)31(33)34)29-14-12-28(2)13-15-29/h3-11,16-17H,12-15H2,1-2H3/b22-17-. The van der Waals surface area contributed by atoms with E-state index in [1.807, 2.05) is 48.3 Å². The van der Waals surface area contributed by atoms with Crippen molar-refractivity contribution in [3.05, 3.63) is 82.1 Å². The van der Waals surface area contributed by atoms with Crippen molar-refractivity contribution in [3.63, 3.8) is 0 Å². The number of hydrazone groups is 1. The molecule has 2 aliphatic rings. The van der Waals surface area contributed by atoms with E-state index in [0.717, 1.165) is 26.2 Å². The molecule has 0 saturated carbocycles. The third-order valence-corrected chi connectivity index (χ3v) is 6.28. The van der Waals surface area contributed by atoms with E-state index in [-0.39, 0.29) is 16.5 Å². The van der Waals surface area contributed by atoms with E-state index in [1.54, 1.807) is 37.3 Å². The van der Waals surface area contributed by atoms with E-state index >= 15 is 0 Å². The first-order valence-electron chi connectivity index (χ1n) is 11.4. The van der Waals surface area contributed by atoms with Crippen molar-refractivity contribution in [1.29, 1.82) is 0 Å². The Morgan fingerprint density at radius 1 is 1.03 bits per heavy atom. The van der Waals surface area contributed by atoms with Crippen molar-refractivity contribution < 1.29 is 14.1 Å². The lowest BCUT2D eigenvalue weighted by Gasteiger charge is -2.33. The second-order valence-electron chi connectivity index (χ2n) is 8.65. The highest BCUT2D eigenvalue weighted by Gasteiger charge is 2.29. The van der Waals surface area contributed by atoms with Gasteiger partial charge in [-0.2, -0.15) is 10.1 Å². The Kier molecular flexibility index (Phi) is 5.92. The molecular weight excluding hydrogens is 446 g/mol. The largest absolute Gasteiger partial charge is 0.457 e. The highest BCUT2D eigenvalue weighted by Crippen LogP contribution is 2.35. The van der Waals surface area contributed by atoms with Crippen LogP contribution in [0.2, 0.25) is 0 Å². The van der Waals surface area contributed by atoms with Gasteiger partial charge in [0, 0.05) is 37.8 Å². The van der Waals surface area contributed by atoms with Gasteiger partial charge >= 0.3 is 0 Å². The summed E-state index contributed by atoms with van der Waals surface area (Å²) >= 11 is 0. The normalized spacial score (nSPS) is 17.8. The summed E-state index contributed by atoms with van der Waals surface area (Å²) in [6.45, 7) is 4.97. The summed E-state index contributed by atoms with van der Waals surface area (Å²) in [5, 5.41) is 17.6. The maximum Gasteiger partial charge on any atom is 0.293 e. The molecule has 2 aliphatic heterocycles. The zero-order valence-electron chi connectivity index (χ0n) is 19.5. The molecule has 0 unspecified atom stereocenters. The number of nitrogens with zero attached hydrogens (tertiary/aromatic N) is 5. The van der Waals surface area contributed by atoms with Crippen molar-refractivity contribution >= 4 is 34.8 Å². The molecule has 1 amide bonds. The van der Waals surface area contributed by atoms with Gasteiger partial charge in [0.1, 0.15) is 17.2 Å². The van der Waals surface area contributed by atoms with Gasteiger partial charge in [-0.3, -0.25) is 14.9 Å². The van der Waals surface area contributed by atoms with Crippen LogP contribution in [0, 0.1) is 10.1 Å². The summed E-state index contributed by atoms with van der Waals surface area (Å²) in [6.07, 6.45) is 1.65. The predicted octanol–water partition coefficient (Wildman–Crippen LogP) is 4.41. The first kappa shape index (κ1) is 22.5. The number of carbonyl (C=O) groups is 1. The summed E-state index contributed by atoms with van der Waals surface area (Å²) in [4.78, 5) is 28.7. The molecule has 5 rings (SSSR count). The number of rotatable bonds is 5. The fraction of sp³-hybridized carbons (Fsp3) is 0.231. The fourth-order valence-electron chi connectivity index (χ4n) is 4.29. The number of anilines is 2. The smallest absolute Gasteiger partial charge is 0.293 e. The van der Waals surface area contributed by atoms with Crippen LogP contribution in [-0.2, 0) is 4.79 Å². The molecule has 1 fully saturated rings. The molecule has 1 saturated heterocycles. The summed E-state index contributed by atoms with van der Waals surface area (Å²) in [7, 11) is 2.05. The molecular formula is C26H25N5O4. The zero-order valence-corrected chi connectivity index (χ0v) is 19.5. The first-order chi connectivity index (χ1) is 16.9. The summed E-state index contributed by atoms with van der Waals surface area (Å²) < 4.78 is 5.96. The Morgan fingerprint density at radius 3 is 2.49 bits per heavy atom. The molecule has 1 aromatic heterocycles. The molecule has 9 nitrogen and oxygen atoms in total. The second kappa shape index (κ2) is 9.19. The van der Waals surface area contributed by atoms with Gasteiger partial charge in [0.2, 0.25) is 0 Å². The topological polar surface area (TPSA) is 95.4 Å². The lowest BCUT2D eigenvalue weighted by Crippen LogP contribution is -2.44. The molecule has 0 spiro atoms. The molecule has 0 atom stereocenters. The van der Waals surface area contributed by atoms with E-state index in [9.17, 15) is 14.9 Å². The quantitative estimate of drug-likeness (QED) is 0.311. The van der Waals surface area contributed by atoms with E-state index in [4.69, 9.17) is 4.42 Å². The molecule has 9 heteroatoms. The highest BCUT2D eigenvalue weighted by molar-refractivity contribution is 6.32. The number of likely N-dealkylation sites (N-methyl/N-ethyl adjacent to an activating group) is 1. The molecule has 3 heterocycles. The lowest BCUT2D eigenvalue weighted by atomic mass is 10.1. The van der Waals surface area contributed by atoms with Crippen LogP contribution in [0.5, 0.6) is 0 Å². The van der Waals surface area contributed by atoms with Crippen LogP contribution in [0.15, 0.2) is 75.8 Å². The lowest BCUT2D eigenvalue weighted by molar-refractivity contribution is -0.384. The van der Waals surface area contributed by atoms with Gasteiger partial charge in [0.15, 0.2) is 0 Å². The van der Waals surface area contributed by atoms with Crippen LogP contribution in [0.3, 0.4) is 0 Å². The van der Waals surface area contributed by atoms with Gasteiger partial charge in [0.05, 0.1) is 21.9 Å². The number of hydrogen-bond donors (Lipinski definition) is 0. The van der Waals surface area contributed by atoms with Gasteiger partial charge in [-0.15, -0.1) is 0 Å². The molecule has 0 bridgehead atoms. The molecule has 178 valence electrons. The Hall–Kier alpha value is -4.24. The number of nitro groups is 1. The Morgan fingerprint density at radius 2 is 1.77 bits per heavy atom. The minimum atomic E-state index is -0.349. The SMILES string of the molecule is CC1=NN(c2ccccc2)C(=O)/C1=C\c1ccc(-c2ccc(N3CCN(C)CC3)c([N+](=O)[O-])c2)o1. The van der Waals surface area contributed by atoms with Crippen LogP contribution < -0.4 is 9.91 Å². The molecule has 0 N–H and O–H groups in total. The monoisotopic (exact) mass is 471 g/mol. The minimum absolute atomic E-state index is 0.0517. The van der Waals surface area contributed by atoms with Gasteiger partial charge in [-0.25, -0.2) is 0 Å². The minimum Gasteiger partial charge on any atom is -0.457 e. The second-order valence-corrected chi connectivity index (χ2v) is 8.65. The molecule has 0 aliphatic carbocycles. The molecule has 35 heavy (non-hydrogen) atoms. The number of carbonyl (C=O) groups excluding carboxylic acids is 1. The van der Waals surface area contributed by atoms with Gasteiger partial charge in [-0.05, 0) is 56.4 Å². The Balaban J connectivity index is 1.40. The van der Waals surface area contributed by atoms with Crippen molar-refractivity contribution in [2.24, 2.45) is 5.10 Å². The van der Waals surface area contributed by atoms with Crippen molar-refractivity contribution in [1.82, 2.24) is 4.90 Å². The van der Waals surface area contributed by atoms with Crippen LogP contribution in [-0.4, -0.2) is 54.7 Å². The third kappa shape index (κ3) is 4.45. The number of nitro benzene ring substituents is 1. The number of hydrogen-bond acceptors (Lipinski definition) is 7. The number of piperazine rings is 1. The van der Waals surface area contributed by atoms with E-state index in [1.165, 1.54) is 5.01 Å². The number of para-hydroxylation sites is 1. The van der Waals surface area contributed by atoms with E-state index in [0.29, 0.717) is 39.7 Å². The maximum atomic E-state index is 12.9. The first-order valence-corrected chi connectivity index (χ1v) is 11.4. The van der Waals surface area contributed by atoms with Crippen molar-refractivity contribution in [2.45, 2.75) is 6.92 Å². The highest BCUT2D eigenvalue weighted by atomic mass is 16.6. The maximum absolute atomic E-state index is 12.9. The summed E-state index contributed by atoms with van der Waals surface area (Å²) in [6, 6.07) is 17.9. The number of benzene rings is 2. The van der Waals surface area contributed by atoms with Crippen LogP contribution in [0.1, 0.15) is 12.7 Å². The van der Waals surface area contributed by atoms with Crippen LogP contribution in [0.4, 0.5) is 17.1 Å². The number of furan rings is 1. The summed E-state index contributed by atoms with van der Waals surface area (Å²) in [5.41, 5.74) is 2.98. The Labute approximate surface area is 202 Å². The third-order valence-electron chi connectivity index (χ3n) is 6.28. The average molecular weight is 472 g/mol. The Bertz CT molecular complexity index is 1340. The molecule has 0 radical (unpaired) electrons. The van der Waals surface area contributed by atoms with Crippen molar-refractivity contribution in [3.8, 4) is 11.3 Å². The molecule has 3 aromatic rings. The summed E-state index contributed by atoms with van der Waals surface area (Å²) in [5.74, 6) is 0.724. The van der Waals surface area contributed by atoms with E-state index in [2.05, 4.69) is 10.0 Å². The molecule has 2 aromatic carbocycles. The zero-order chi connectivity index (χ0) is 24.5. The average Bonchev–Trinajstić information content (AvgIpc) is 3.45. The van der Waals surface area contributed by atoms with Gasteiger partial charge in [0.25, 0.3) is 11.6 Å².